The minimum absolute atomic E-state index is 0.138. The quantitative estimate of drug-likeness (QED) is 0.297. The van der Waals surface area contributed by atoms with Gasteiger partial charge >= 0.3 is 0 Å². The number of rotatable bonds is 7. The van der Waals surface area contributed by atoms with Gasteiger partial charge in [0.2, 0.25) is 5.91 Å². The van der Waals surface area contributed by atoms with Crippen molar-refractivity contribution in [2.75, 3.05) is 6.54 Å². The first-order chi connectivity index (χ1) is 15.8. The van der Waals surface area contributed by atoms with Crippen molar-refractivity contribution in [2.45, 2.75) is 19.8 Å². The molecule has 3 rings (SSSR count). The van der Waals surface area contributed by atoms with Gasteiger partial charge in [-0.3, -0.25) is 30.1 Å². The molecule has 2 aromatic carbocycles. The smallest absolute Gasteiger partial charge is 0.270 e. The van der Waals surface area contributed by atoms with E-state index in [1.807, 2.05) is 49.4 Å². The van der Waals surface area contributed by atoms with Crippen LogP contribution in [0.3, 0.4) is 0 Å². The van der Waals surface area contributed by atoms with Gasteiger partial charge in [0.25, 0.3) is 11.8 Å². The molecule has 0 saturated carbocycles. The first kappa shape index (κ1) is 24.9. The first-order valence-corrected chi connectivity index (χ1v) is 12.2. The zero-order valence-electron chi connectivity index (χ0n) is 17.8. The van der Waals surface area contributed by atoms with E-state index >= 15 is 0 Å². The molecule has 1 aliphatic rings. The molecular formula is C24H22BrN3O3S2. The van der Waals surface area contributed by atoms with Gasteiger partial charge in [-0.15, -0.1) is 0 Å². The lowest BCUT2D eigenvalue weighted by Gasteiger charge is -2.14. The number of benzene rings is 2. The Balaban J connectivity index is 1.47. The Morgan fingerprint density at radius 2 is 1.79 bits per heavy atom. The zero-order valence-corrected chi connectivity index (χ0v) is 21.1. The zero-order chi connectivity index (χ0) is 23.8. The van der Waals surface area contributed by atoms with Crippen molar-refractivity contribution >= 4 is 68.0 Å². The predicted molar refractivity (Wildman–Crippen MR) is 139 cm³/mol. The summed E-state index contributed by atoms with van der Waals surface area (Å²) in [5.74, 6) is -0.927. The van der Waals surface area contributed by atoms with Crippen LogP contribution in [0, 0.1) is 0 Å². The van der Waals surface area contributed by atoms with E-state index in [4.69, 9.17) is 12.2 Å². The number of thiocarbonyl (C=S) groups is 1. The third-order valence-electron chi connectivity index (χ3n) is 4.65. The van der Waals surface area contributed by atoms with Gasteiger partial charge in [0.05, 0.1) is 10.5 Å². The van der Waals surface area contributed by atoms with E-state index in [9.17, 15) is 14.4 Å². The standard InChI is InChI=1S/C24H22BrN3O3S2/c1-16(14-17-8-3-2-4-9-17)15-20-23(31)28(24(32)33-20)13-7-12-21(29)26-27-22(30)18-10-5-6-11-19(18)25/h2-6,8-11,14-15H,7,12-13H2,1H3,(H,26,29)(H,27,30). The van der Waals surface area contributed by atoms with Crippen LogP contribution < -0.4 is 10.9 Å². The van der Waals surface area contributed by atoms with E-state index in [-0.39, 0.29) is 18.2 Å². The highest BCUT2D eigenvalue weighted by atomic mass is 79.9. The van der Waals surface area contributed by atoms with E-state index in [2.05, 4.69) is 26.8 Å². The van der Waals surface area contributed by atoms with Crippen molar-refractivity contribution in [2.24, 2.45) is 0 Å². The molecule has 0 bridgehead atoms. The molecule has 0 aromatic heterocycles. The minimum Gasteiger partial charge on any atom is -0.293 e. The number of hydrogen-bond acceptors (Lipinski definition) is 5. The molecule has 0 atom stereocenters. The fourth-order valence-electron chi connectivity index (χ4n) is 3.05. The van der Waals surface area contributed by atoms with Crippen LogP contribution in [0.15, 0.2) is 75.6 Å². The van der Waals surface area contributed by atoms with Crippen molar-refractivity contribution in [3.8, 4) is 0 Å². The Hall–Kier alpha value is -2.75. The summed E-state index contributed by atoms with van der Waals surface area (Å²) in [7, 11) is 0. The predicted octanol–water partition coefficient (Wildman–Crippen LogP) is 4.84. The molecule has 1 aliphatic heterocycles. The molecule has 0 unspecified atom stereocenters. The topological polar surface area (TPSA) is 78.5 Å². The third kappa shape index (κ3) is 7.12. The summed E-state index contributed by atoms with van der Waals surface area (Å²) in [6, 6.07) is 16.8. The molecular weight excluding hydrogens is 522 g/mol. The highest BCUT2D eigenvalue weighted by Crippen LogP contribution is 2.32. The van der Waals surface area contributed by atoms with Crippen LogP contribution in [0.5, 0.6) is 0 Å². The molecule has 2 N–H and O–H groups in total. The van der Waals surface area contributed by atoms with E-state index in [0.717, 1.165) is 11.1 Å². The molecule has 170 valence electrons. The van der Waals surface area contributed by atoms with Gasteiger partial charge in [0.15, 0.2) is 0 Å². The van der Waals surface area contributed by atoms with Crippen LogP contribution in [0.1, 0.15) is 35.7 Å². The number of amides is 3. The number of nitrogens with zero attached hydrogens (tertiary/aromatic N) is 1. The van der Waals surface area contributed by atoms with Crippen LogP contribution in [0.2, 0.25) is 0 Å². The van der Waals surface area contributed by atoms with Crippen molar-refractivity contribution in [1.29, 1.82) is 0 Å². The summed E-state index contributed by atoms with van der Waals surface area (Å²) < 4.78 is 1.11. The Morgan fingerprint density at radius 3 is 2.52 bits per heavy atom. The third-order valence-corrected chi connectivity index (χ3v) is 6.72. The SMILES string of the molecule is CC(=Cc1ccccc1)C=C1SC(=S)N(CCCC(=O)NNC(=O)c2ccccc2Br)C1=O. The largest absolute Gasteiger partial charge is 0.293 e. The average molecular weight is 544 g/mol. The monoisotopic (exact) mass is 543 g/mol. The van der Waals surface area contributed by atoms with Crippen LogP contribution in [-0.4, -0.2) is 33.5 Å². The maximum Gasteiger partial charge on any atom is 0.270 e. The maximum atomic E-state index is 12.7. The summed E-state index contributed by atoms with van der Waals surface area (Å²) in [6.07, 6.45) is 4.38. The van der Waals surface area contributed by atoms with Gasteiger partial charge in [0.1, 0.15) is 4.32 Å². The Kier molecular flexibility index (Phi) is 8.99. The van der Waals surface area contributed by atoms with Gasteiger partial charge in [-0.2, -0.15) is 0 Å². The Labute approximate surface area is 210 Å². The molecule has 0 radical (unpaired) electrons. The van der Waals surface area contributed by atoms with Gasteiger partial charge in [-0.25, -0.2) is 0 Å². The second-order valence-electron chi connectivity index (χ2n) is 7.22. The maximum absolute atomic E-state index is 12.7. The number of carbonyl (C=O) groups is 3. The minimum atomic E-state index is -0.420. The Bertz CT molecular complexity index is 1130. The lowest BCUT2D eigenvalue weighted by atomic mass is 10.1. The summed E-state index contributed by atoms with van der Waals surface area (Å²) in [5, 5.41) is 0. The summed E-state index contributed by atoms with van der Waals surface area (Å²) >= 11 is 9.91. The lowest BCUT2D eigenvalue weighted by molar-refractivity contribution is -0.124. The van der Waals surface area contributed by atoms with Crippen LogP contribution in [0.4, 0.5) is 0 Å². The molecule has 1 saturated heterocycles. The molecule has 1 fully saturated rings. The molecule has 6 nitrogen and oxygen atoms in total. The van der Waals surface area contributed by atoms with Gasteiger partial charge in [-0.05, 0) is 58.6 Å². The average Bonchev–Trinajstić information content (AvgIpc) is 3.05. The Morgan fingerprint density at radius 1 is 1.09 bits per heavy atom. The van der Waals surface area contributed by atoms with Crippen molar-refractivity contribution in [3.63, 3.8) is 0 Å². The highest BCUT2D eigenvalue weighted by Gasteiger charge is 2.31. The van der Waals surface area contributed by atoms with E-state index in [1.54, 1.807) is 24.3 Å². The number of allylic oxidation sites excluding steroid dienone is 2. The molecule has 33 heavy (non-hydrogen) atoms. The lowest BCUT2D eigenvalue weighted by Crippen LogP contribution is -2.42. The molecule has 9 heteroatoms. The van der Waals surface area contributed by atoms with Crippen LogP contribution in [0.25, 0.3) is 6.08 Å². The van der Waals surface area contributed by atoms with Crippen molar-refractivity contribution in [3.05, 3.63) is 86.8 Å². The van der Waals surface area contributed by atoms with Gasteiger partial charge < -0.3 is 0 Å². The summed E-state index contributed by atoms with van der Waals surface area (Å²) in [6.45, 7) is 2.27. The van der Waals surface area contributed by atoms with Crippen molar-refractivity contribution < 1.29 is 14.4 Å². The molecule has 1 heterocycles. The number of nitrogens with one attached hydrogen (secondary N) is 2. The number of hydrazine groups is 1. The molecule has 0 spiro atoms. The van der Waals surface area contributed by atoms with E-state index in [1.165, 1.54) is 16.7 Å². The normalized spacial score (nSPS) is 15.2. The van der Waals surface area contributed by atoms with Gasteiger partial charge in [0, 0.05) is 17.4 Å². The van der Waals surface area contributed by atoms with E-state index in [0.29, 0.717) is 32.2 Å². The fraction of sp³-hybridized carbons (Fsp3) is 0.167. The summed E-state index contributed by atoms with van der Waals surface area (Å²) in [5.41, 5.74) is 7.20. The molecule has 2 aromatic rings. The summed E-state index contributed by atoms with van der Waals surface area (Å²) in [4.78, 5) is 39.0. The van der Waals surface area contributed by atoms with Crippen molar-refractivity contribution in [1.82, 2.24) is 15.8 Å². The first-order valence-electron chi connectivity index (χ1n) is 10.2. The number of carbonyl (C=O) groups excluding carboxylic acids is 3. The number of hydrogen-bond donors (Lipinski definition) is 2. The molecule has 3 amide bonds. The van der Waals surface area contributed by atoms with Crippen LogP contribution in [-0.2, 0) is 9.59 Å². The second-order valence-corrected chi connectivity index (χ2v) is 9.75. The van der Waals surface area contributed by atoms with Gasteiger partial charge in [-0.1, -0.05) is 72.5 Å². The number of halogens is 1. The van der Waals surface area contributed by atoms with Crippen LogP contribution >= 0.6 is 39.9 Å². The van der Waals surface area contributed by atoms with E-state index < -0.39 is 5.91 Å². The highest BCUT2D eigenvalue weighted by molar-refractivity contribution is 9.10. The number of thioether (sulfide) groups is 1. The second kappa shape index (κ2) is 11.9. The fourth-order valence-corrected chi connectivity index (χ4v) is 4.88. The molecule has 0 aliphatic carbocycles.